The van der Waals surface area contributed by atoms with Gasteiger partial charge in [-0.25, -0.2) is 4.98 Å². The largest absolute Gasteiger partial charge is 0.494 e. The molecule has 0 radical (unpaired) electrons. The van der Waals surface area contributed by atoms with E-state index in [-0.39, 0.29) is 23.4 Å². The molecule has 3 rings (SSSR count). The number of methoxy groups -OCH3 is 1. The van der Waals surface area contributed by atoms with Crippen molar-refractivity contribution < 1.29 is 19.2 Å². The molecule has 0 aliphatic carbocycles. The Labute approximate surface area is 165 Å². The molecule has 0 fully saturated rings. The summed E-state index contributed by atoms with van der Waals surface area (Å²) in [5.74, 6) is 0.551. The number of hydrogen-bond acceptors (Lipinski definition) is 7. The minimum atomic E-state index is -0.497. The summed E-state index contributed by atoms with van der Waals surface area (Å²) in [5.41, 5.74) is 0.793. The number of fused-ring (bicyclic) bond motifs is 1. The van der Waals surface area contributed by atoms with Crippen molar-refractivity contribution >= 4 is 38.3 Å². The minimum Gasteiger partial charge on any atom is -0.494 e. The molecule has 1 amide bonds. The first-order valence-corrected chi connectivity index (χ1v) is 9.44. The van der Waals surface area contributed by atoms with E-state index in [2.05, 4.69) is 10.3 Å². The maximum Gasteiger partial charge on any atom is 0.274 e. The predicted octanol–water partition coefficient (Wildman–Crippen LogP) is 4.64. The number of carbonyl (C=O) groups is 1. The van der Waals surface area contributed by atoms with E-state index >= 15 is 0 Å². The van der Waals surface area contributed by atoms with Crippen molar-refractivity contribution in [3.63, 3.8) is 0 Å². The quantitative estimate of drug-likeness (QED) is 0.457. The SMILES string of the molecule is CC[C@H](C)Oc1cccc(C(=O)Nc2nc3c(OC)cc([N+](=O)[O-])cc3s2)c1. The van der Waals surface area contributed by atoms with Crippen molar-refractivity contribution in [2.24, 2.45) is 0 Å². The van der Waals surface area contributed by atoms with Gasteiger partial charge in [0.1, 0.15) is 11.3 Å². The molecule has 0 saturated heterocycles. The highest BCUT2D eigenvalue weighted by Gasteiger charge is 2.18. The summed E-state index contributed by atoms with van der Waals surface area (Å²) in [5, 5.41) is 14.1. The minimum absolute atomic E-state index is 0.0471. The summed E-state index contributed by atoms with van der Waals surface area (Å²) in [7, 11) is 1.42. The van der Waals surface area contributed by atoms with Crippen molar-refractivity contribution in [1.29, 1.82) is 0 Å². The van der Waals surface area contributed by atoms with E-state index in [1.54, 1.807) is 24.3 Å². The Morgan fingerprint density at radius 3 is 2.82 bits per heavy atom. The van der Waals surface area contributed by atoms with E-state index in [1.165, 1.54) is 19.2 Å². The molecule has 3 aromatic rings. The number of amides is 1. The first-order chi connectivity index (χ1) is 13.4. The molecular weight excluding hydrogens is 382 g/mol. The summed E-state index contributed by atoms with van der Waals surface area (Å²) in [6, 6.07) is 9.61. The van der Waals surface area contributed by atoms with Crippen LogP contribution in [-0.2, 0) is 0 Å². The zero-order valence-corrected chi connectivity index (χ0v) is 16.4. The molecule has 1 heterocycles. The molecule has 0 unspecified atom stereocenters. The van der Waals surface area contributed by atoms with E-state index in [1.807, 2.05) is 13.8 Å². The number of rotatable bonds is 7. The smallest absolute Gasteiger partial charge is 0.274 e. The highest BCUT2D eigenvalue weighted by atomic mass is 32.1. The fourth-order valence-corrected chi connectivity index (χ4v) is 3.41. The van der Waals surface area contributed by atoms with Crippen LogP contribution in [0.5, 0.6) is 11.5 Å². The summed E-state index contributed by atoms with van der Waals surface area (Å²) < 4.78 is 11.5. The number of ether oxygens (including phenoxy) is 2. The van der Waals surface area contributed by atoms with Crippen LogP contribution in [0.4, 0.5) is 10.8 Å². The van der Waals surface area contributed by atoms with Gasteiger partial charge in [-0.2, -0.15) is 0 Å². The number of non-ortho nitro benzene ring substituents is 1. The van der Waals surface area contributed by atoms with Crippen molar-refractivity contribution in [1.82, 2.24) is 4.98 Å². The highest BCUT2D eigenvalue weighted by Crippen LogP contribution is 2.36. The predicted molar refractivity (Wildman–Crippen MR) is 108 cm³/mol. The number of benzene rings is 2. The second kappa shape index (κ2) is 8.22. The zero-order chi connectivity index (χ0) is 20.3. The van der Waals surface area contributed by atoms with Crippen LogP contribution < -0.4 is 14.8 Å². The Hall–Kier alpha value is -3.20. The Morgan fingerprint density at radius 1 is 1.36 bits per heavy atom. The molecule has 0 aliphatic heterocycles. The number of nitro benzene ring substituents is 1. The molecule has 1 atom stereocenters. The Balaban J connectivity index is 1.85. The molecule has 1 aromatic heterocycles. The number of hydrogen-bond donors (Lipinski definition) is 1. The number of nitrogens with zero attached hydrogens (tertiary/aromatic N) is 2. The van der Waals surface area contributed by atoms with Gasteiger partial charge < -0.3 is 9.47 Å². The van der Waals surface area contributed by atoms with Gasteiger partial charge in [-0.1, -0.05) is 24.3 Å². The van der Waals surface area contributed by atoms with Crippen molar-refractivity contribution in [2.75, 3.05) is 12.4 Å². The maximum absolute atomic E-state index is 12.6. The summed E-state index contributed by atoms with van der Waals surface area (Å²) in [6.45, 7) is 3.98. The van der Waals surface area contributed by atoms with Crippen LogP contribution in [-0.4, -0.2) is 29.0 Å². The average molecular weight is 401 g/mol. The summed E-state index contributed by atoms with van der Waals surface area (Å²) in [4.78, 5) is 27.5. The van der Waals surface area contributed by atoms with Crippen LogP contribution >= 0.6 is 11.3 Å². The van der Waals surface area contributed by atoms with Gasteiger partial charge in [-0.3, -0.25) is 20.2 Å². The average Bonchev–Trinajstić information content (AvgIpc) is 3.09. The lowest BCUT2D eigenvalue weighted by Crippen LogP contribution is -2.13. The van der Waals surface area contributed by atoms with Gasteiger partial charge in [0.25, 0.3) is 11.6 Å². The molecule has 0 bridgehead atoms. The van der Waals surface area contributed by atoms with Crippen LogP contribution in [0.1, 0.15) is 30.6 Å². The van der Waals surface area contributed by atoms with Crippen LogP contribution in [0.3, 0.4) is 0 Å². The van der Waals surface area contributed by atoms with Gasteiger partial charge in [0, 0.05) is 11.6 Å². The third kappa shape index (κ3) is 4.20. The molecule has 28 heavy (non-hydrogen) atoms. The van der Waals surface area contributed by atoms with Crippen molar-refractivity contribution in [3.8, 4) is 11.5 Å². The third-order valence-electron chi connectivity index (χ3n) is 4.10. The van der Waals surface area contributed by atoms with Gasteiger partial charge in [0.2, 0.25) is 0 Å². The molecule has 0 spiro atoms. The van der Waals surface area contributed by atoms with Crippen LogP contribution in [0.15, 0.2) is 36.4 Å². The summed E-state index contributed by atoms with van der Waals surface area (Å²) in [6.07, 6.45) is 0.904. The van der Waals surface area contributed by atoms with Gasteiger partial charge in [-0.15, -0.1) is 0 Å². The Morgan fingerprint density at radius 2 is 2.14 bits per heavy atom. The van der Waals surface area contributed by atoms with E-state index in [9.17, 15) is 14.9 Å². The lowest BCUT2D eigenvalue weighted by Gasteiger charge is -2.13. The number of nitrogens with one attached hydrogen (secondary N) is 1. The number of nitro groups is 1. The topological polar surface area (TPSA) is 104 Å². The monoisotopic (exact) mass is 401 g/mol. The number of thiazole rings is 1. The van der Waals surface area contributed by atoms with Gasteiger partial charge in [0.15, 0.2) is 10.9 Å². The van der Waals surface area contributed by atoms with Gasteiger partial charge >= 0.3 is 0 Å². The number of anilines is 1. The normalized spacial score (nSPS) is 11.8. The second-order valence-electron chi connectivity index (χ2n) is 6.09. The van der Waals surface area contributed by atoms with Crippen LogP contribution in [0, 0.1) is 10.1 Å². The third-order valence-corrected chi connectivity index (χ3v) is 5.02. The van der Waals surface area contributed by atoms with Gasteiger partial charge in [-0.05, 0) is 31.5 Å². The molecule has 0 saturated carbocycles. The first-order valence-electron chi connectivity index (χ1n) is 8.62. The summed E-state index contributed by atoms with van der Waals surface area (Å²) >= 11 is 1.14. The van der Waals surface area contributed by atoms with Crippen molar-refractivity contribution in [2.45, 2.75) is 26.4 Å². The van der Waals surface area contributed by atoms with E-state index in [4.69, 9.17) is 9.47 Å². The van der Waals surface area contributed by atoms with Crippen LogP contribution in [0.2, 0.25) is 0 Å². The highest BCUT2D eigenvalue weighted by molar-refractivity contribution is 7.22. The molecule has 9 heteroatoms. The van der Waals surface area contributed by atoms with Crippen molar-refractivity contribution in [3.05, 3.63) is 52.1 Å². The fourth-order valence-electron chi connectivity index (χ4n) is 2.50. The molecule has 0 aliphatic rings. The fraction of sp³-hybridized carbons (Fsp3) is 0.263. The Bertz CT molecular complexity index is 1030. The van der Waals surface area contributed by atoms with E-state index in [0.717, 1.165) is 17.8 Å². The maximum atomic E-state index is 12.6. The number of carbonyl (C=O) groups excluding carboxylic acids is 1. The van der Waals surface area contributed by atoms with Gasteiger partial charge in [0.05, 0.1) is 28.9 Å². The molecule has 146 valence electrons. The van der Waals surface area contributed by atoms with E-state index in [0.29, 0.717) is 26.7 Å². The molecule has 2 aromatic carbocycles. The Kier molecular flexibility index (Phi) is 5.74. The molecule has 1 N–H and O–H groups in total. The first kappa shape index (κ1) is 19.6. The lowest BCUT2D eigenvalue weighted by molar-refractivity contribution is -0.384. The molecular formula is C19H19N3O5S. The number of aromatic nitrogens is 1. The molecule has 8 nitrogen and oxygen atoms in total. The second-order valence-corrected chi connectivity index (χ2v) is 7.12. The lowest BCUT2D eigenvalue weighted by atomic mass is 10.2. The zero-order valence-electron chi connectivity index (χ0n) is 15.6. The van der Waals surface area contributed by atoms with E-state index < -0.39 is 4.92 Å². The van der Waals surface area contributed by atoms with Crippen LogP contribution in [0.25, 0.3) is 10.2 Å². The standard InChI is InChI=1S/C19H19N3O5S/c1-4-11(2)27-14-7-5-6-12(8-14)18(23)21-19-20-17-15(26-3)9-13(22(24)25)10-16(17)28-19/h5-11H,4H2,1-3H3,(H,20,21,23)/t11-/m0/s1.